The normalized spacial score (nSPS) is 16.3. The Bertz CT molecular complexity index is 434. The van der Waals surface area contributed by atoms with E-state index >= 15 is 0 Å². The van der Waals surface area contributed by atoms with E-state index in [9.17, 15) is 0 Å². The number of halogens is 2. The Kier molecular flexibility index (Phi) is 9.71. The summed E-state index contributed by atoms with van der Waals surface area (Å²) in [5.41, 5.74) is 2.49. The minimum atomic E-state index is 0. The van der Waals surface area contributed by atoms with Crippen LogP contribution in [-0.4, -0.2) is 38.2 Å². The molecule has 3 nitrogen and oxygen atoms in total. The quantitative estimate of drug-likeness (QED) is 0.836. The van der Waals surface area contributed by atoms with Gasteiger partial charge >= 0.3 is 0 Å². The molecule has 2 rings (SSSR count). The van der Waals surface area contributed by atoms with Gasteiger partial charge in [0.2, 0.25) is 0 Å². The maximum Gasteiger partial charge on any atom is 0.123 e. The van der Waals surface area contributed by atoms with Gasteiger partial charge in [0, 0.05) is 37.8 Å². The van der Waals surface area contributed by atoms with E-state index in [1.165, 1.54) is 11.1 Å². The molecule has 0 spiro atoms. The average molecular weight is 333 g/mol. The van der Waals surface area contributed by atoms with Crippen LogP contribution in [0.1, 0.15) is 24.9 Å². The van der Waals surface area contributed by atoms with Crippen LogP contribution in [0.2, 0.25) is 0 Å². The molecule has 0 saturated carbocycles. The zero-order chi connectivity index (χ0) is 13.7. The van der Waals surface area contributed by atoms with Gasteiger partial charge < -0.3 is 10.1 Å². The molecule has 1 saturated heterocycles. The molecule has 0 bridgehead atoms. The van der Waals surface area contributed by atoms with Crippen molar-refractivity contribution in [1.29, 1.82) is 0 Å². The summed E-state index contributed by atoms with van der Waals surface area (Å²) >= 11 is 0. The molecule has 1 fully saturated rings. The summed E-state index contributed by atoms with van der Waals surface area (Å²) in [6.45, 7) is 10.5. The van der Waals surface area contributed by atoms with Crippen LogP contribution < -0.4 is 10.1 Å². The zero-order valence-electron chi connectivity index (χ0n) is 12.8. The van der Waals surface area contributed by atoms with Gasteiger partial charge in [-0.1, -0.05) is 23.8 Å². The molecule has 0 aliphatic carbocycles. The third-order valence-corrected chi connectivity index (χ3v) is 3.63. The number of nitrogens with zero attached hydrogens (tertiary/aromatic N) is 1. The second-order valence-corrected chi connectivity index (χ2v) is 5.20. The number of hydrogen-bond acceptors (Lipinski definition) is 3. The van der Waals surface area contributed by atoms with E-state index in [0.29, 0.717) is 6.04 Å². The summed E-state index contributed by atoms with van der Waals surface area (Å²) in [5.74, 6) is 0.979. The molecule has 0 unspecified atom stereocenters. The van der Waals surface area contributed by atoms with Crippen LogP contribution in [0.15, 0.2) is 36.4 Å². The molecule has 5 heteroatoms. The Morgan fingerprint density at radius 2 is 1.90 bits per heavy atom. The van der Waals surface area contributed by atoms with Crippen molar-refractivity contribution in [3.05, 3.63) is 42.0 Å². The Balaban J connectivity index is 0.00000200. The summed E-state index contributed by atoms with van der Waals surface area (Å²) < 4.78 is 5.53. The fourth-order valence-electron chi connectivity index (χ4n) is 2.70. The second-order valence-electron chi connectivity index (χ2n) is 5.20. The summed E-state index contributed by atoms with van der Waals surface area (Å²) in [4.78, 5) is 2.53. The van der Waals surface area contributed by atoms with Crippen molar-refractivity contribution >= 4 is 24.8 Å². The number of piperazine rings is 1. The highest BCUT2D eigenvalue weighted by Gasteiger charge is 2.24. The molecular weight excluding hydrogens is 307 g/mol. The van der Waals surface area contributed by atoms with Crippen LogP contribution >= 0.6 is 24.8 Å². The van der Waals surface area contributed by atoms with Gasteiger partial charge in [-0.05, 0) is 19.4 Å². The highest BCUT2D eigenvalue weighted by atomic mass is 35.5. The first-order valence-corrected chi connectivity index (χ1v) is 6.94. The summed E-state index contributed by atoms with van der Waals surface area (Å²) in [6, 6.07) is 8.71. The predicted octanol–water partition coefficient (Wildman–Crippen LogP) is 3.45. The van der Waals surface area contributed by atoms with Crippen molar-refractivity contribution in [2.45, 2.75) is 19.4 Å². The van der Waals surface area contributed by atoms with Crippen molar-refractivity contribution in [3.63, 3.8) is 0 Å². The summed E-state index contributed by atoms with van der Waals surface area (Å²) in [5, 5.41) is 3.41. The van der Waals surface area contributed by atoms with Gasteiger partial charge in [-0.2, -0.15) is 0 Å². The summed E-state index contributed by atoms with van der Waals surface area (Å²) in [6.07, 6.45) is 0.986. The Hall–Kier alpha value is -0.740. The van der Waals surface area contributed by atoms with Gasteiger partial charge in [-0.25, -0.2) is 0 Å². The predicted molar refractivity (Wildman–Crippen MR) is 94.1 cm³/mol. The Labute approximate surface area is 140 Å². The average Bonchev–Trinajstić information content (AvgIpc) is 2.45. The third kappa shape index (κ3) is 5.51. The lowest BCUT2D eigenvalue weighted by Gasteiger charge is -2.36. The Morgan fingerprint density at radius 1 is 1.29 bits per heavy atom. The molecule has 1 N–H and O–H groups in total. The third-order valence-electron chi connectivity index (χ3n) is 3.63. The first-order chi connectivity index (χ1) is 9.22. The molecule has 1 aliphatic heterocycles. The van der Waals surface area contributed by atoms with E-state index < -0.39 is 0 Å². The molecule has 1 aromatic rings. The molecule has 1 heterocycles. The first-order valence-electron chi connectivity index (χ1n) is 6.94. The van der Waals surface area contributed by atoms with E-state index in [2.05, 4.69) is 35.9 Å². The molecule has 0 aromatic heterocycles. The topological polar surface area (TPSA) is 24.5 Å². The first kappa shape index (κ1) is 20.3. The van der Waals surface area contributed by atoms with Gasteiger partial charge in [-0.15, -0.1) is 31.4 Å². The van der Waals surface area contributed by atoms with Gasteiger partial charge in [0.25, 0.3) is 0 Å². The fourth-order valence-corrected chi connectivity index (χ4v) is 2.70. The van der Waals surface area contributed by atoms with Crippen molar-refractivity contribution in [2.24, 2.45) is 0 Å². The lowest BCUT2D eigenvalue weighted by Crippen LogP contribution is -2.45. The number of methoxy groups -OCH3 is 1. The van der Waals surface area contributed by atoms with Gasteiger partial charge in [0.15, 0.2) is 0 Å². The van der Waals surface area contributed by atoms with E-state index in [1.807, 2.05) is 12.1 Å². The van der Waals surface area contributed by atoms with Crippen LogP contribution in [0, 0.1) is 0 Å². The van der Waals surface area contributed by atoms with E-state index in [1.54, 1.807) is 7.11 Å². The molecule has 120 valence electrons. The van der Waals surface area contributed by atoms with Crippen LogP contribution in [0.3, 0.4) is 0 Å². The van der Waals surface area contributed by atoms with Gasteiger partial charge in [0.1, 0.15) is 5.75 Å². The van der Waals surface area contributed by atoms with Crippen molar-refractivity contribution in [1.82, 2.24) is 10.2 Å². The molecular formula is C16H26Cl2N2O. The van der Waals surface area contributed by atoms with Crippen LogP contribution in [0.25, 0.3) is 0 Å². The Morgan fingerprint density at radius 3 is 2.48 bits per heavy atom. The van der Waals surface area contributed by atoms with E-state index in [-0.39, 0.29) is 24.8 Å². The minimum Gasteiger partial charge on any atom is -0.496 e. The maximum atomic E-state index is 5.53. The van der Waals surface area contributed by atoms with Crippen molar-refractivity contribution < 1.29 is 4.74 Å². The number of rotatable bonds is 5. The molecule has 1 aliphatic rings. The molecule has 0 radical (unpaired) electrons. The minimum absolute atomic E-state index is 0. The lowest BCUT2D eigenvalue weighted by atomic mass is 9.97. The maximum absolute atomic E-state index is 5.53. The highest BCUT2D eigenvalue weighted by Crippen LogP contribution is 2.33. The number of hydrogen-bond donors (Lipinski definition) is 1. The number of benzene rings is 1. The number of ether oxygens (including phenoxy) is 1. The smallest absolute Gasteiger partial charge is 0.123 e. The lowest BCUT2D eigenvalue weighted by molar-refractivity contribution is 0.169. The molecule has 0 amide bonds. The van der Waals surface area contributed by atoms with E-state index in [0.717, 1.165) is 38.3 Å². The van der Waals surface area contributed by atoms with Crippen molar-refractivity contribution in [3.8, 4) is 5.75 Å². The van der Waals surface area contributed by atoms with Crippen LogP contribution in [0.4, 0.5) is 0 Å². The SMILES string of the molecule is C=C(C)C[C@@H](c1ccccc1OC)N1CCNCC1.Cl.Cl. The van der Waals surface area contributed by atoms with E-state index in [4.69, 9.17) is 4.74 Å². The van der Waals surface area contributed by atoms with Gasteiger partial charge in [-0.3, -0.25) is 4.90 Å². The number of nitrogens with one attached hydrogen (secondary N) is 1. The molecule has 1 atom stereocenters. The standard InChI is InChI=1S/C16H24N2O.2ClH/c1-13(2)12-15(18-10-8-17-9-11-18)14-6-4-5-7-16(14)19-3;;/h4-7,15,17H,1,8-12H2,2-3H3;2*1H/t15-;;/m0../s1. The van der Waals surface area contributed by atoms with Gasteiger partial charge in [0.05, 0.1) is 7.11 Å². The number of para-hydroxylation sites is 1. The second kappa shape index (κ2) is 10.1. The highest BCUT2D eigenvalue weighted by molar-refractivity contribution is 5.85. The monoisotopic (exact) mass is 332 g/mol. The van der Waals surface area contributed by atoms with Crippen molar-refractivity contribution in [2.75, 3.05) is 33.3 Å². The summed E-state index contributed by atoms with van der Waals surface area (Å²) in [7, 11) is 1.74. The molecule has 21 heavy (non-hydrogen) atoms. The van der Waals surface area contributed by atoms with Crippen LogP contribution in [0.5, 0.6) is 5.75 Å². The largest absolute Gasteiger partial charge is 0.496 e. The zero-order valence-corrected chi connectivity index (χ0v) is 14.4. The molecule has 1 aromatic carbocycles. The fraction of sp³-hybridized carbons (Fsp3) is 0.500. The van der Waals surface area contributed by atoms with Crippen LogP contribution in [-0.2, 0) is 0 Å².